The molecule has 1 aliphatic carbocycles. The molecule has 0 bridgehead atoms. The Balaban J connectivity index is 1.53. The van der Waals surface area contributed by atoms with Gasteiger partial charge in [-0.05, 0) is 43.5 Å². The number of hydrogen-bond donors (Lipinski definition) is 0. The second-order valence-electron chi connectivity index (χ2n) is 7.28. The Morgan fingerprint density at radius 2 is 1.81 bits per heavy atom. The van der Waals surface area contributed by atoms with Gasteiger partial charge in [0, 0.05) is 29.6 Å². The van der Waals surface area contributed by atoms with Crippen LogP contribution in [0.5, 0.6) is 0 Å². The van der Waals surface area contributed by atoms with Gasteiger partial charge >= 0.3 is 0 Å². The van der Waals surface area contributed by atoms with E-state index in [-0.39, 0.29) is 4.90 Å². The zero-order valence-electron chi connectivity index (χ0n) is 14.5. The number of benzene rings is 2. The maximum absolute atomic E-state index is 12.9. The highest BCUT2D eigenvalue weighted by Gasteiger charge is 2.30. The van der Waals surface area contributed by atoms with Gasteiger partial charge in [0.05, 0.1) is 16.3 Å². The van der Waals surface area contributed by atoms with E-state index in [2.05, 4.69) is 4.90 Å². The van der Waals surface area contributed by atoms with Crippen LogP contribution in [0.25, 0.3) is 11.0 Å². The van der Waals surface area contributed by atoms with Gasteiger partial charge in [-0.25, -0.2) is 8.42 Å². The van der Waals surface area contributed by atoms with Crippen LogP contribution in [-0.2, 0) is 22.8 Å². The minimum Gasteiger partial charge on any atom is -0.459 e. The molecule has 2 heterocycles. The van der Waals surface area contributed by atoms with Crippen molar-refractivity contribution in [1.29, 1.82) is 0 Å². The van der Waals surface area contributed by atoms with E-state index in [1.807, 2.05) is 12.1 Å². The van der Waals surface area contributed by atoms with Crippen LogP contribution in [0.15, 0.2) is 62.7 Å². The largest absolute Gasteiger partial charge is 0.459 e. The average Bonchev–Trinajstić information content (AvgIpc) is 2.98. The van der Waals surface area contributed by atoms with Crippen molar-refractivity contribution in [2.24, 2.45) is 0 Å². The topological polar surface area (TPSA) is 50.5 Å². The normalized spacial score (nSPS) is 18.6. The van der Waals surface area contributed by atoms with Crippen molar-refractivity contribution in [2.45, 2.75) is 48.1 Å². The van der Waals surface area contributed by atoms with E-state index in [1.54, 1.807) is 36.4 Å². The molecular weight excluding hydrogens is 346 g/mol. The van der Waals surface area contributed by atoms with E-state index in [0.29, 0.717) is 16.5 Å². The summed E-state index contributed by atoms with van der Waals surface area (Å²) in [6, 6.07) is 14.6. The number of rotatable bonds is 3. The van der Waals surface area contributed by atoms with Crippen LogP contribution in [-0.4, -0.2) is 25.9 Å². The summed E-state index contributed by atoms with van der Waals surface area (Å²) in [7, 11) is -3.52. The van der Waals surface area contributed by atoms with E-state index >= 15 is 0 Å². The molecule has 0 unspecified atom stereocenters. The summed E-state index contributed by atoms with van der Waals surface area (Å²) in [4.78, 5) is 3.11. The minimum atomic E-state index is -3.52. The van der Waals surface area contributed by atoms with Gasteiger partial charge in [-0.3, -0.25) is 4.90 Å². The third-order valence-corrected chi connectivity index (χ3v) is 7.57. The third-order valence-electron chi connectivity index (χ3n) is 5.80. The zero-order valence-corrected chi connectivity index (χ0v) is 15.3. The summed E-state index contributed by atoms with van der Waals surface area (Å²) in [5.74, 6) is 1.01. The molecule has 2 aromatic carbocycles. The molecule has 1 aliphatic heterocycles. The number of fused-ring (bicyclic) bond motifs is 3. The molecule has 0 amide bonds. The highest BCUT2D eigenvalue weighted by Crippen LogP contribution is 2.36. The Morgan fingerprint density at radius 3 is 2.54 bits per heavy atom. The first-order chi connectivity index (χ1) is 12.6. The predicted octanol–water partition coefficient (Wildman–Crippen LogP) is 4.18. The standard InChI is InChI=1S/C21H21NO3S/c23-26(24,16-7-2-1-3-8-16)17-9-10-18-19-11-12-22(15-5-4-6-15)14-21(19)25-20(18)13-17/h1-3,7-10,13,15H,4-6,11-12,14H2. The molecule has 0 spiro atoms. The minimum absolute atomic E-state index is 0.290. The summed E-state index contributed by atoms with van der Waals surface area (Å²) in [5, 5.41) is 1.06. The first kappa shape index (κ1) is 16.1. The Kier molecular flexibility index (Phi) is 3.69. The van der Waals surface area contributed by atoms with Gasteiger partial charge in [-0.15, -0.1) is 0 Å². The van der Waals surface area contributed by atoms with Gasteiger partial charge in [0.15, 0.2) is 0 Å². The summed E-state index contributed by atoms with van der Waals surface area (Å²) < 4.78 is 31.8. The molecular formula is C21H21NO3S. The third kappa shape index (κ3) is 2.49. The van der Waals surface area contributed by atoms with Crippen LogP contribution in [0.3, 0.4) is 0 Å². The van der Waals surface area contributed by atoms with Crippen molar-refractivity contribution in [3.05, 3.63) is 59.9 Å². The van der Waals surface area contributed by atoms with E-state index in [1.165, 1.54) is 24.8 Å². The fourth-order valence-corrected chi connectivity index (χ4v) is 5.37. The van der Waals surface area contributed by atoms with Gasteiger partial charge in [-0.2, -0.15) is 0 Å². The number of nitrogens with zero attached hydrogens (tertiary/aromatic N) is 1. The highest BCUT2D eigenvalue weighted by molar-refractivity contribution is 7.91. The Hall–Kier alpha value is -2.11. The van der Waals surface area contributed by atoms with Crippen LogP contribution in [0.2, 0.25) is 0 Å². The second kappa shape index (κ2) is 5.96. The Morgan fingerprint density at radius 1 is 1.00 bits per heavy atom. The molecule has 1 saturated carbocycles. The van der Waals surface area contributed by atoms with Crippen LogP contribution in [0.1, 0.15) is 30.6 Å². The SMILES string of the molecule is O=S(=O)(c1ccccc1)c1ccc2c3c(oc2c1)CN(C1CCC1)CC3. The molecule has 134 valence electrons. The van der Waals surface area contributed by atoms with Crippen molar-refractivity contribution in [2.75, 3.05) is 6.54 Å². The van der Waals surface area contributed by atoms with Crippen molar-refractivity contribution < 1.29 is 12.8 Å². The first-order valence-corrected chi connectivity index (χ1v) is 10.7. The summed E-state index contributed by atoms with van der Waals surface area (Å²) in [5.41, 5.74) is 1.93. The fourth-order valence-electron chi connectivity index (χ4n) is 4.07. The summed E-state index contributed by atoms with van der Waals surface area (Å²) in [6.07, 6.45) is 4.88. The van der Waals surface area contributed by atoms with E-state index < -0.39 is 9.84 Å². The average molecular weight is 367 g/mol. The van der Waals surface area contributed by atoms with Crippen LogP contribution < -0.4 is 0 Å². The van der Waals surface area contributed by atoms with E-state index in [0.717, 1.165) is 30.7 Å². The molecule has 5 heteroatoms. The van der Waals surface area contributed by atoms with Crippen molar-refractivity contribution in [3.8, 4) is 0 Å². The molecule has 5 rings (SSSR count). The molecule has 3 aromatic rings. The highest BCUT2D eigenvalue weighted by atomic mass is 32.2. The molecule has 2 aliphatic rings. The lowest BCUT2D eigenvalue weighted by Crippen LogP contribution is -2.42. The molecule has 1 fully saturated rings. The van der Waals surface area contributed by atoms with Crippen LogP contribution in [0, 0.1) is 0 Å². The first-order valence-electron chi connectivity index (χ1n) is 9.21. The van der Waals surface area contributed by atoms with Crippen LogP contribution >= 0.6 is 0 Å². The smallest absolute Gasteiger partial charge is 0.206 e. The van der Waals surface area contributed by atoms with Crippen LogP contribution in [0.4, 0.5) is 0 Å². The van der Waals surface area contributed by atoms with Gasteiger partial charge in [-0.1, -0.05) is 24.6 Å². The fraction of sp³-hybridized carbons (Fsp3) is 0.333. The number of hydrogen-bond acceptors (Lipinski definition) is 4. The van der Waals surface area contributed by atoms with E-state index in [9.17, 15) is 8.42 Å². The molecule has 0 radical (unpaired) electrons. The number of furan rings is 1. The van der Waals surface area contributed by atoms with E-state index in [4.69, 9.17) is 4.42 Å². The molecule has 0 saturated heterocycles. The van der Waals surface area contributed by atoms with Crippen molar-refractivity contribution >= 4 is 20.8 Å². The zero-order chi connectivity index (χ0) is 17.7. The lowest BCUT2D eigenvalue weighted by atomic mass is 9.89. The predicted molar refractivity (Wildman–Crippen MR) is 99.9 cm³/mol. The molecule has 26 heavy (non-hydrogen) atoms. The summed E-state index contributed by atoms with van der Waals surface area (Å²) in [6.45, 7) is 1.91. The van der Waals surface area contributed by atoms with Gasteiger partial charge in [0.2, 0.25) is 9.84 Å². The number of sulfone groups is 1. The molecule has 0 N–H and O–H groups in total. The quantitative estimate of drug-likeness (QED) is 0.697. The summed E-state index contributed by atoms with van der Waals surface area (Å²) >= 11 is 0. The Bertz CT molecular complexity index is 1070. The van der Waals surface area contributed by atoms with Gasteiger partial charge in [0.25, 0.3) is 0 Å². The maximum Gasteiger partial charge on any atom is 0.206 e. The van der Waals surface area contributed by atoms with Crippen molar-refractivity contribution in [3.63, 3.8) is 0 Å². The Labute approximate surface area is 153 Å². The van der Waals surface area contributed by atoms with Gasteiger partial charge < -0.3 is 4.42 Å². The van der Waals surface area contributed by atoms with Crippen molar-refractivity contribution in [1.82, 2.24) is 4.90 Å². The lowest BCUT2D eigenvalue weighted by molar-refractivity contribution is 0.104. The lowest BCUT2D eigenvalue weighted by Gasteiger charge is -2.39. The van der Waals surface area contributed by atoms with Gasteiger partial charge in [0.1, 0.15) is 11.3 Å². The molecule has 4 nitrogen and oxygen atoms in total. The molecule has 0 atom stereocenters. The molecule has 1 aromatic heterocycles. The maximum atomic E-state index is 12.9. The second-order valence-corrected chi connectivity index (χ2v) is 9.23. The monoisotopic (exact) mass is 367 g/mol.